The van der Waals surface area contributed by atoms with Crippen molar-refractivity contribution in [3.63, 3.8) is 0 Å². The molecule has 1 fully saturated rings. The molecule has 1 aromatic carbocycles. The molecule has 0 aliphatic heterocycles. The van der Waals surface area contributed by atoms with E-state index in [-0.39, 0.29) is 11.9 Å². The van der Waals surface area contributed by atoms with Crippen molar-refractivity contribution in [3.8, 4) is 0 Å². The van der Waals surface area contributed by atoms with E-state index >= 15 is 0 Å². The van der Waals surface area contributed by atoms with Crippen LogP contribution in [-0.4, -0.2) is 23.1 Å². The van der Waals surface area contributed by atoms with Gasteiger partial charge in [0.2, 0.25) is 5.91 Å². The van der Waals surface area contributed by atoms with Gasteiger partial charge in [0.1, 0.15) is 0 Å². The Morgan fingerprint density at radius 1 is 1.33 bits per heavy atom. The van der Waals surface area contributed by atoms with Crippen LogP contribution in [0, 0.1) is 5.92 Å². The molecule has 1 heterocycles. The molecule has 27 heavy (non-hydrogen) atoms. The number of allylic oxidation sites excluding steroid dienone is 1. The Morgan fingerprint density at radius 2 is 2.11 bits per heavy atom. The maximum Gasteiger partial charge on any atom is 0.338 e. The molecule has 0 radical (unpaired) electrons. The molecule has 1 saturated carbocycles. The predicted octanol–water partition coefficient (Wildman–Crippen LogP) is 4.46. The number of fused-ring (bicyclic) bond motifs is 1. The Bertz CT molecular complexity index is 904. The number of hydrogen-bond acceptors (Lipinski definition) is 4. The number of esters is 1. The number of ether oxygens (including phenoxy) is 1. The minimum absolute atomic E-state index is 0.0584. The van der Waals surface area contributed by atoms with Crippen LogP contribution in [0.3, 0.4) is 0 Å². The van der Waals surface area contributed by atoms with Crippen LogP contribution in [0.25, 0.3) is 10.2 Å². The van der Waals surface area contributed by atoms with Crippen LogP contribution in [0.15, 0.2) is 35.8 Å². The zero-order valence-corrected chi connectivity index (χ0v) is 16.6. The first-order valence-electron chi connectivity index (χ1n) is 9.61. The lowest BCUT2D eigenvalue weighted by molar-refractivity contribution is -0.119. The van der Waals surface area contributed by atoms with E-state index in [0.717, 1.165) is 23.1 Å². The highest BCUT2D eigenvalue weighted by Gasteiger charge is 2.17. The van der Waals surface area contributed by atoms with E-state index in [1.165, 1.54) is 30.6 Å². The molecule has 1 aromatic heterocycles. The van der Waals surface area contributed by atoms with Gasteiger partial charge in [-0.15, -0.1) is 6.58 Å². The lowest BCUT2D eigenvalue weighted by Gasteiger charge is -2.19. The van der Waals surface area contributed by atoms with Crippen molar-refractivity contribution in [2.24, 2.45) is 10.9 Å². The number of benzene rings is 1. The number of amides is 1. The number of carbonyl (C=O) groups is 2. The number of nitrogens with zero attached hydrogens (tertiary/aromatic N) is 2. The van der Waals surface area contributed by atoms with Gasteiger partial charge in [-0.2, -0.15) is 4.99 Å². The van der Waals surface area contributed by atoms with E-state index in [1.807, 2.05) is 16.7 Å². The molecule has 144 valence electrons. The molecule has 0 saturated heterocycles. The molecule has 0 unspecified atom stereocenters. The Kier molecular flexibility index (Phi) is 6.61. The average molecular weight is 387 g/mol. The van der Waals surface area contributed by atoms with Crippen LogP contribution in [0.1, 0.15) is 55.8 Å². The molecule has 0 atom stereocenters. The Hall–Kier alpha value is -2.21. The summed E-state index contributed by atoms with van der Waals surface area (Å²) in [5.74, 6) is 0.0690. The summed E-state index contributed by atoms with van der Waals surface area (Å²) >= 11 is 1.42. The molecule has 1 aliphatic rings. The van der Waals surface area contributed by atoms with Gasteiger partial charge in [0, 0.05) is 13.0 Å². The smallest absolute Gasteiger partial charge is 0.338 e. The van der Waals surface area contributed by atoms with Crippen molar-refractivity contribution < 1.29 is 14.3 Å². The molecule has 0 spiro atoms. The second-order valence-corrected chi connectivity index (χ2v) is 7.91. The van der Waals surface area contributed by atoms with Crippen LogP contribution >= 0.6 is 11.3 Å². The molecule has 2 aromatic rings. The molecule has 0 N–H and O–H groups in total. The molecule has 6 heteroatoms. The van der Waals surface area contributed by atoms with Crippen molar-refractivity contribution in [2.75, 3.05) is 6.61 Å². The largest absolute Gasteiger partial charge is 0.462 e. The van der Waals surface area contributed by atoms with Crippen molar-refractivity contribution in [1.82, 2.24) is 4.57 Å². The minimum Gasteiger partial charge on any atom is -0.462 e. The van der Waals surface area contributed by atoms with Crippen molar-refractivity contribution in [1.29, 1.82) is 0 Å². The topological polar surface area (TPSA) is 60.7 Å². The fourth-order valence-corrected chi connectivity index (χ4v) is 4.69. The summed E-state index contributed by atoms with van der Waals surface area (Å²) in [6, 6.07) is 5.44. The highest BCUT2D eigenvalue weighted by molar-refractivity contribution is 7.16. The second kappa shape index (κ2) is 9.13. The molecule has 5 nitrogen and oxygen atoms in total. The van der Waals surface area contributed by atoms with Gasteiger partial charge < -0.3 is 9.30 Å². The first kappa shape index (κ1) is 19.5. The van der Waals surface area contributed by atoms with Gasteiger partial charge >= 0.3 is 5.97 Å². The highest BCUT2D eigenvalue weighted by Crippen LogP contribution is 2.26. The van der Waals surface area contributed by atoms with Crippen LogP contribution in [0.2, 0.25) is 0 Å². The van der Waals surface area contributed by atoms with Crippen LogP contribution < -0.4 is 4.80 Å². The lowest BCUT2D eigenvalue weighted by atomic mass is 9.87. The molecular formula is C21H26N2O3S. The summed E-state index contributed by atoms with van der Waals surface area (Å²) in [5, 5.41) is 0. The third kappa shape index (κ3) is 4.75. The van der Waals surface area contributed by atoms with E-state index in [4.69, 9.17) is 4.74 Å². The Labute approximate surface area is 163 Å². The summed E-state index contributed by atoms with van der Waals surface area (Å²) in [7, 11) is 0. The molecular weight excluding hydrogens is 360 g/mol. The van der Waals surface area contributed by atoms with E-state index in [2.05, 4.69) is 11.6 Å². The van der Waals surface area contributed by atoms with Crippen LogP contribution in [0.4, 0.5) is 0 Å². The van der Waals surface area contributed by atoms with Gasteiger partial charge in [0.25, 0.3) is 0 Å². The van der Waals surface area contributed by atoms with Crippen molar-refractivity contribution in [2.45, 2.75) is 52.0 Å². The average Bonchev–Trinajstić information content (AvgIpc) is 2.99. The third-order valence-corrected chi connectivity index (χ3v) is 5.96. The van der Waals surface area contributed by atoms with E-state index in [9.17, 15) is 9.59 Å². The van der Waals surface area contributed by atoms with Gasteiger partial charge in [-0.05, 0) is 43.9 Å². The van der Waals surface area contributed by atoms with Crippen LogP contribution in [0.5, 0.6) is 0 Å². The minimum atomic E-state index is -0.338. The van der Waals surface area contributed by atoms with E-state index in [0.29, 0.717) is 35.9 Å². The van der Waals surface area contributed by atoms with Gasteiger partial charge in [0.05, 0.1) is 22.4 Å². The zero-order chi connectivity index (χ0) is 19.2. The summed E-state index contributed by atoms with van der Waals surface area (Å²) in [5.41, 5.74) is 1.45. The number of hydrogen-bond donors (Lipinski definition) is 0. The molecule has 1 amide bonds. The predicted molar refractivity (Wildman–Crippen MR) is 108 cm³/mol. The third-order valence-electron chi connectivity index (χ3n) is 4.91. The first-order chi connectivity index (χ1) is 13.1. The number of aromatic nitrogens is 1. The normalized spacial score (nSPS) is 15.8. The fraction of sp³-hybridized carbons (Fsp3) is 0.476. The van der Waals surface area contributed by atoms with Gasteiger partial charge in [-0.3, -0.25) is 4.79 Å². The zero-order valence-electron chi connectivity index (χ0n) is 15.8. The monoisotopic (exact) mass is 386 g/mol. The molecule has 1 aliphatic carbocycles. The van der Waals surface area contributed by atoms with Gasteiger partial charge in [-0.25, -0.2) is 4.79 Å². The maximum atomic E-state index is 12.5. The number of rotatable bonds is 6. The van der Waals surface area contributed by atoms with Gasteiger partial charge in [0.15, 0.2) is 4.80 Å². The van der Waals surface area contributed by atoms with E-state index < -0.39 is 0 Å². The van der Waals surface area contributed by atoms with Crippen LogP contribution in [-0.2, 0) is 16.1 Å². The number of thiazole rings is 1. The quantitative estimate of drug-likeness (QED) is 0.544. The highest BCUT2D eigenvalue weighted by atomic mass is 32.1. The fourth-order valence-electron chi connectivity index (χ4n) is 3.60. The Balaban J connectivity index is 1.92. The lowest BCUT2D eigenvalue weighted by Crippen LogP contribution is -2.18. The second-order valence-electron chi connectivity index (χ2n) is 6.90. The summed E-state index contributed by atoms with van der Waals surface area (Å²) < 4.78 is 7.96. The Morgan fingerprint density at radius 3 is 2.81 bits per heavy atom. The van der Waals surface area contributed by atoms with Crippen molar-refractivity contribution >= 4 is 33.4 Å². The SMILES string of the molecule is C=CCn1c(=NC(=O)CC2CCCCC2)sc2cc(C(=O)OCC)ccc21. The molecule has 0 bridgehead atoms. The van der Waals surface area contributed by atoms with Gasteiger partial charge in [-0.1, -0.05) is 36.7 Å². The maximum absolute atomic E-state index is 12.5. The standard InChI is InChI=1S/C21H26N2O3S/c1-3-12-23-17-11-10-16(20(25)26-4-2)14-18(17)27-21(23)22-19(24)13-15-8-6-5-7-9-15/h3,10-11,14-15H,1,4-9,12-13H2,2H3. The van der Waals surface area contributed by atoms with E-state index in [1.54, 1.807) is 19.1 Å². The van der Waals surface area contributed by atoms with Crippen molar-refractivity contribution in [3.05, 3.63) is 41.2 Å². The summed E-state index contributed by atoms with van der Waals surface area (Å²) in [4.78, 5) is 29.5. The summed E-state index contributed by atoms with van der Waals surface area (Å²) in [6.45, 7) is 6.50. The number of carbonyl (C=O) groups excluding carboxylic acids is 2. The first-order valence-corrected chi connectivity index (χ1v) is 10.4. The summed E-state index contributed by atoms with van der Waals surface area (Å²) in [6.07, 6.45) is 8.28. The molecule has 3 rings (SSSR count).